The molecule has 0 aromatic carbocycles. The van der Waals surface area contributed by atoms with Gasteiger partial charge in [-0.15, -0.1) is 0 Å². The molecule has 0 aliphatic carbocycles. The fraction of sp³-hybridized carbons (Fsp3) is 0. The van der Waals surface area contributed by atoms with Crippen LogP contribution in [0.2, 0.25) is 0 Å². The SMILES string of the molecule is O=[C-]Nc1ccn[nH]1.[Rb+]. The van der Waals surface area contributed by atoms with Gasteiger partial charge in [-0.2, -0.15) is 0 Å². The van der Waals surface area contributed by atoms with E-state index in [-0.39, 0.29) is 58.2 Å². The van der Waals surface area contributed by atoms with Crippen molar-refractivity contribution in [1.29, 1.82) is 0 Å². The number of nitrogens with one attached hydrogen (secondary N) is 2. The van der Waals surface area contributed by atoms with E-state index in [1.165, 1.54) is 6.41 Å². The Hall–Kier alpha value is 0.485. The molecule has 0 unspecified atom stereocenters. The monoisotopic (exact) mass is 195 g/mol. The minimum atomic E-state index is 0. The van der Waals surface area contributed by atoms with E-state index >= 15 is 0 Å². The summed E-state index contributed by atoms with van der Waals surface area (Å²) in [6, 6.07) is 1.63. The van der Waals surface area contributed by atoms with E-state index in [1.54, 1.807) is 12.3 Å². The summed E-state index contributed by atoms with van der Waals surface area (Å²) in [4.78, 5) is 9.59. The number of aromatic nitrogens is 2. The van der Waals surface area contributed by atoms with Crippen LogP contribution in [0.3, 0.4) is 0 Å². The summed E-state index contributed by atoms with van der Waals surface area (Å²) >= 11 is 0. The van der Waals surface area contributed by atoms with Crippen molar-refractivity contribution in [1.82, 2.24) is 10.2 Å². The van der Waals surface area contributed by atoms with Gasteiger partial charge in [0.05, 0.1) is 6.41 Å². The van der Waals surface area contributed by atoms with E-state index in [0.717, 1.165) is 0 Å². The van der Waals surface area contributed by atoms with Gasteiger partial charge >= 0.3 is 58.2 Å². The maximum absolute atomic E-state index is 9.59. The summed E-state index contributed by atoms with van der Waals surface area (Å²) in [6.45, 7) is 0. The molecule has 0 bridgehead atoms. The molecule has 1 rings (SSSR count). The van der Waals surface area contributed by atoms with E-state index in [4.69, 9.17) is 0 Å². The molecular weight excluding hydrogens is 192 g/mol. The van der Waals surface area contributed by atoms with Crippen molar-refractivity contribution in [2.45, 2.75) is 0 Å². The number of nitrogens with zero attached hydrogens (tertiary/aromatic N) is 1. The molecule has 1 aromatic rings. The predicted molar refractivity (Wildman–Crippen MR) is 27.9 cm³/mol. The van der Waals surface area contributed by atoms with Gasteiger partial charge in [0.1, 0.15) is 0 Å². The number of H-pyrrole nitrogens is 1. The van der Waals surface area contributed by atoms with Crippen molar-refractivity contribution in [3.05, 3.63) is 12.3 Å². The first-order valence-electron chi connectivity index (χ1n) is 2.06. The van der Waals surface area contributed by atoms with Gasteiger partial charge < -0.3 is 15.2 Å². The van der Waals surface area contributed by atoms with Crippen LogP contribution in [0.15, 0.2) is 12.3 Å². The van der Waals surface area contributed by atoms with Crippen LogP contribution < -0.4 is 63.5 Å². The fourth-order valence-corrected chi connectivity index (χ4v) is 0.380. The first-order chi connectivity index (χ1) is 3.93. The molecule has 2 N–H and O–H groups in total. The van der Waals surface area contributed by atoms with Crippen LogP contribution in [-0.2, 0) is 4.79 Å². The van der Waals surface area contributed by atoms with Crippen molar-refractivity contribution in [3.63, 3.8) is 0 Å². The molecule has 4 nitrogen and oxygen atoms in total. The number of hydrogen-bond acceptors (Lipinski definition) is 2. The van der Waals surface area contributed by atoms with Gasteiger partial charge in [-0.25, -0.2) is 5.10 Å². The molecule has 0 aliphatic heterocycles. The molecule has 0 spiro atoms. The number of amides is 1. The normalized spacial score (nSPS) is 7.56. The van der Waals surface area contributed by atoms with Gasteiger partial charge in [0.2, 0.25) is 0 Å². The maximum atomic E-state index is 9.59. The standard InChI is InChI=1S/C4H4N3O.Rb/c8-3-5-4-1-2-6-7-4;/h1-2H,(H2,5,6,7,8);/q-1;+1. The second-order valence-corrected chi connectivity index (χ2v) is 1.20. The molecule has 0 saturated carbocycles. The minimum absolute atomic E-state index is 0. The summed E-state index contributed by atoms with van der Waals surface area (Å²) in [6.07, 6.45) is 3.04. The molecule has 1 amide bonds. The second kappa shape index (κ2) is 5.28. The Balaban J connectivity index is 0.000000640. The summed E-state index contributed by atoms with van der Waals surface area (Å²) < 4.78 is 0. The average Bonchev–Trinajstić information content (AvgIpc) is 2.19. The summed E-state index contributed by atoms with van der Waals surface area (Å²) in [5.74, 6) is 0.556. The number of rotatable bonds is 2. The molecule has 0 saturated heterocycles. The molecule has 42 valence electrons. The topological polar surface area (TPSA) is 57.8 Å². The third-order valence-corrected chi connectivity index (χ3v) is 0.686. The third kappa shape index (κ3) is 3.25. The van der Waals surface area contributed by atoms with Gasteiger partial charge in [-0.05, 0) is 5.82 Å². The predicted octanol–water partition coefficient (Wildman–Crippen LogP) is -3.11. The van der Waals surface area contributed by atoms with E-state index < -0.39 is 0 Å². The van der Waals surface area contributed by atoms with Gasteiger partial charge in [0, 0.05) is 6.20 Å². The van der Waals surface area contributed by atoms with Gasteiger partial charge in [0.25, 0.3) is 0 Å². The number of aromatic amines is 1. The van der Waals surface area contributed by atoms with Crippen LogP contribution in [0.4, 0.5) is 5.82 Å². The van der Waals surface area contributed by atoms with E-state index in [0.29, 0.717) is 5.82 Å². The first-order valence-corrected chi connectivity index (χ1v) is 2.06. The second-order valence-electron chi connectivity index (χ2n) is 1.20. The molecule has 0 fully saturated rings. The smallest absolute Gasteiger partial charge is 0.476 e. The van der Waals surface area contributed by atoms with Gasteiger partial charge in [-0.3, -0.25) is 0 Å². The van der Waals surface area contributed by atoms with Crippen LogP contribution in [0.25, 0.3) is 0 Å². The average molecular weight is 196 g/mol. The Morgan fingerprint density at radius 2 is 2.56 bits per heavy atom. The zero-order chi connectivity index (χ0) is 5.82. The minimum Gasteiger partial charge on any atom is -0.476 e. The number of carbonyl (C=O) groups excluding carboxylic acids is 1. The Morgan fingerprint density at radius 3 is 3.00 bits per heavy atom. The van der Waals surface area contributed by atoms with Crippen molar-refractivity contribution in [2.24, 2.45) is 0 Å². The van der Waals surface area contributed by atoms with Crippen molar-refractivity contribution >= 4 is 12.2 Å². The van der Waals surface area contributed by atoms with Crippen LogP contribution in [0.1, 0.15) is 0 Å². The van der Waals surface area contributed by atoms with Crippen LogP contribution in [-0.4, -0.2) is 16.6 Å². The first kappa shape index (κ1) is 9.49. The molecule has 1 heterocycles. The zero-order valence-corrected chi connectivity index (χ0v) is 9.93. The van der Waals surface area contributed by atoms with Crippen LogP contribution in [0.5, 0.6) is 0 Å². The van der Waals surface area contributed by atoms with E-state index in [2.05, 4.69) is 15.5 Å². The summed E-state index contributed by atoms with van der Waals surface area (Å²) in [5, 5.41) is 8.35. The summed E-state index contributed by atoms with van der Waals surface area (Å²) in [7, 11) is 0. The molecule has 5 heteroatoms. The number of anilines is 1. The molecule has 0 aliphatic rings. The molecule has 9 heavy (non-hydrogen) atoms. The van der Waals surface area contributed by atoms with E-state index in [9.17, 15) is 4.79 Å². The van der Waals surface area contributed by atoms with Crippen LogP contribution in [0, 0.1) is 0 Å². The van der Waals surface area contributed by atoms with Gasteiger partial charge in [-0.1, -0.05) is 6.07 Å². The molecule has 0 atom stereocenters. The summed E-state index contributed by atoms with van der Waals surface area (Å²) in [5.41, 5.74) is 0. The molecular formula is C4H4N3ORb. The molecule has 0 radical (unpaired) electrons. The van der Waals surface area contributed by atoms with E-state index in [1.807, 2.05) is 0 Å². The fourth-order valence-electron chi connectivity index (χ4n) is 0.380. The number of hydrogen-bond donors (Lipinski definition) is 2. The van der Waals surface area contributed by atoms with Crippen molar-refractivity contribution in [3.8, 4) is 0 Å². The van der Waals surface area contributed by atoms with Crippen molar-refractivity contribution < 1.29 is 63.0 Å². The zero-order valence-electron chi connectivity index (χ0n) is 5.01. The third-order valence-electron chi connectivity index (χ3n) is 0.686. The van der Waals surface area contributed by atoms with Crippen molar-refractivity contribution in [2.75, 3.05) is 5.32 Å². The Bertz CT molecular complexity index is 162. The Morgan fingerprint density at radius 1 is 1.78 bits per heavy atom. The quantitative estimate of drug-likeness (QED) is 0.388. The Kier molecular flexibility index (Phi) is 5.57. The van der Waals surface area contributed by atoms with Crippen LogP contribution >= 0.6 is 0 Å². The van der Waals surface area contributed by atoms with Gasteiger partial charge in [0.15, 0.2) is 0 Å². The Labute approximate surface area is 101 Å². The largest absolute Gasteiger partial charge is 1.00 e. The maximum Gasteiger partial charge on any atom is 1.00 e. The molecule has 1 aromatic heterocycles.